The molecule has 2 aromatic carbocycles. The number of allylic oxidation sites excluding steroid dienone is 1. The number of nitrogens with two attached hydrogens (primary N) is 1. The molecule has 0 heterocycles. The molecule has 8 heteroatoms. The Bertz CT molecular complexity index is 894. The summed E-state index contributed by atoms with van der Waals surface area (Å²) in [5.41, 5.74) is 3.35. The van der Waals surface area contributed by atoms with Crippen LogP contribution in [0.25, 0.3) is 6.08 Å². The van der Waals surface area contributed by atoms with Crippen molar-refractivity contribution in [2.24, 2.45) is 10.2 Å². The van der Waals surface area contributed by atoms with Gasteiger partial charge in [0.05, 0.1) is 5.02 Å². The molecule has 0 radical (unpaired) electrons. The van der Waals surface area contributed by atoms with Crippen LogP contribution in [-0.2, 0) is 10.0 Å². The minimum absolute atomic E-state index is 0.0525. The summed E-state index contributed by atoms with van der Waals surface area (Å²) in [4.78, 5) is 11.6. The fraction of sp³-hybridized carbons (Fsp3) is 0. The van der Waals surface area contributed by atoms with Crippen molar-refractivity contribution < 1.29 is 13.2 Å². The Hall–Kier alpha value is -2.48. The van der Waals surface area contributed by atoms with Crippen LogP contribution in [0.5, 0.6) is 0 Å². The molecule has 1 amide bonds. The number of amides is 1. The largest absolute Gasteiger partial charge is 0.271 e. The Labute approximate surface area is 144 Å². The summed E-state index contributed by atoms with van der Waals surface area (Å²) in [6.45, 7) is 0. The first-order valence-electron chi connectivity index (χ1n) is 6.75. The topological polar surface area (TPSA) is 102 Å². The van der Waals surface area contributed by atoms with E-state index in [1.807, 2.05) is 36.4 Å². The summed E-state index contributed by atoms with van der Waals surface area (Å²) in [7, 11) is -4.01. The van der Waals surface area contributed by atoms with E-state index in [1.54, 1.807) is 6.08 Å². The first-order valence-corrected chi connectivity index (χ1v) is 8.68. The van der Waals surface area contributed by atoms with Gasteiger partial charge in [0.2, 0.25) is 10.0 Å². The molecule has 0 aromatic heterocycles. The zero-order valence-corrected chi connectivity index (χ0v) is 14.0. The van der Waals surface area contributed by atoms with Gasteiger partial charge < -0.3 is 0 Å². The predicted octanol–water partition coefficient (Wildman–Crippen LogP) is 2.42. The van der Waals surface area contributed by atoms with Gasteiger partial charge in [0.15, 0.2) is 0 Å². The number of halogens is 1. The summed E-state index contributed by atoms with van der Waals surface area (Å²) in [5, 5.41) is 8.74. The van der Waals surface area contributed by atoms with Crippen LogP contribution in [0.15, 0.2) is 64.6 Å². The molecular formula is C16H14ClN3O3S. The molecule has 0 unspecified atom stereocenters. The lowest BCUT2D eigenvalue weighted by Crippen LogP contribution is -2.19. The molecule has 24 heavy (non-hydrogen) atoms. The van der Waals surface area contributed by atoms with Crippen LogP contribution in [0.1, 0.15) is 15.9 Å². The average molecular weight is 364 g/mol. The molecule has 2 aromatic rings. The van der Waals surface area contributed by atoms with E-state index < -0.39 is 15.9 Å². The maximum atomic E-state index is 11.9. The minimum Gasteiger partial charge on any atom is -0.267 e. The molecule has 0 bridgehead atoms. The maximum Gasteiger partial charge on any atom is 0.271 e. The van der Waals surface area contributed by atoms with Crippen molar-refractivity contribution in [3.8, 4) is 0 Å². The number of nitrogens with one attached hydrogen (secondary N) is 1. The van der Waals surface area contributed by atoms with Gasteiger partial charge in [0.25, 0.3) is 5.91 Å². The van der Waals surface area contributed by atoms with Crippen LogP contribution in [0, 0.1) is 0 Å². The van der Waals surface area contributed by atoms with Crippen molar-refractivity contribution in [1.29, 1.82) is 0 Å². The third-order valence-electron chi connectivity index (χ3n) is 2.91. The highest BCUT2D eigenvalue weighted by molar-refractivity contribution is 7.89. The monoisotopic (exact) mass is 363 g/mol. The second-order valence-electron chi connectivity index (χ2n) is 4.68. The Balaban J connectivity index is 2.03. The number of hydrogen-bond acceptors (Lipinski definition) is 4. The second-order valence-corrected chi connectivity index (χ2v) is 6.62. The highest BCUT2D eigenvalue weighted by atomic mass is 35.5. The smallest absolute Gasteiger partial charge is 0.267 e. The highest BCUT2D eigenvalue weighted by Gasteiger charge is 2.16. The number of benzene rings is 2. The number of hydrogen-bond donors (Lipinski definition) is 2. The third-order valence-corrected chi connectivity index (χ3v) is 4.31. The molecule has 0 saturated heterocycles. The van der Waals surface area contributed by atoms with Crippen molar-refractivity contribution in [2.75, 3.05) is 0 Å². The Morgan fingerprint density at radius 2 is 1.88 bits per heavy atom. The van der Waals surface area contributed by atoms with Crippen LogP contribution >= 0.6 is 11.6 Å². The molecule has 3 N–H and O–H groups in total. The van der Waals surface area contributed by atoms with Crippen LogP contribution in [0.2, 0.25) is 5.02 Å². The summed E-state index contributed by atoms with van der Waals surface area (Å²) in [6, 6.07) is 13.3. The Morgan fingerprint density at radius 3 is 2.54 bits per heavy atom. The van der Waals surface area contributed by atoms with Crippen molar-refractivity contribution in [3.05, 3.63) is 70.8 Å². The third kappa shape index (κ3) is 5.02. The molecular weight excluding hydrogens is 350 g/mol. The molecule has 0 aliphatic heterocycles. The summed E-state index contributed by atoms with van der Waals surface area (Å²) in [6.07, 6.45) is 4.88. The van der Waals surface area contributed by atoms with E-state index in [1.165, 1.54) is 18.3 Å². The Kier molecular flexibility index (Phi) is 5.86. The number of primary sulfonamides is 1. The molecule has 0 atom stereocenters. The van der Waals surface area contributed by atoms with Gasteiger partial charge in [-0.2, -0.15) is 5.10 Å². The summed E-state index contributed by atoms with van der Waals surface area (Å²) in [5.74, 6) is -0.582. The molecule has 0 aliphatic carbocycles. The standard InChI is InChI=1S/C16H14ClN3O3S/c17-14-9-8-13(11-15(14)24(18,22)23)16(21)20-19-10-4-7-12-5-2-1-3-6-12/h1-11H,(H,20,21)(H2,18,22,23)/b7-4+,19-10-. The number of sulfonamides is 1. The van der Waals surface area contributed by atoms with Crippen molar-refractivity contribution in [3.63, 3.8) is 0 Å². The fourth-order valence-corrected chi connectivity index (χ4v) is 2.86. The second kappa shape index (κ2) is 7.87. The van der Waals surface area contributed by atoms with Crippen molar-refractivity contribution >= 4 is 39.8 Å². The number of carbonyl (C=O) groups excluding carboxylic acids is 1. The van der Waals surface area contributed by atoms with Gasteiger partial charge in [-0.1, -0.05) is 48.0 Å². The van der Waals surface area contributed by atoms with Gasteiger partial charge in [0, 0.05) is 11.8 Å². The van der Waals surface area contributed by atoms with Gasteiger partial charge >= 0.3 is 0 Å². The van der Waals surface area contributed by atoms with Gasteiger partial charge in [-0.15, -0.1) is 0 Å². The molecule has 0 saturated carbocycles. The quantitative estimate of drug-likeness (QED) is 0.630. The molecule has 0 fully saturated rings. The van der Waals surface area contributed by atoms with E-state index in [2.05, 4.69) is 10.5 Å². The number of carbonyl (C=O) groups is 1. The molecule has 0 spiro atoms. The first kappa shape index (κ1) is 17.9. The SMILES string of the molecule is NS(=O)(=O)c1cc(C(=O)N/N=C\C=C\c2ccccc2)ccc1Cl. The van der Waals surface area contributed by atoms with E-state index >= 15 is 0 Å². The number of nitrogens with zero attached hydrogens (tertiary/aromatic N) is 1. The maximum absolute atomic E-state index is 11.9. The molecule has 2 rings (SSSR count). The molecule has 124 valence electrons. The predicted molar refractivity (Wildman–Crippen MR) is 94.3 cm³/mol. The fourth-order valence-electron chi connectivity index (χ4n) is 1.78. The van der Waals surface area contributed by atoms with E-state index in [-0.39, 0.29) is 15.5 Å². The minimum atomic E-state index is -4.01. The van der Waals surface area contributed by atoms with Gasteiger partial charge in [0.1, 0.15) is 4.90 Å². The van der Waals surface area contributed by atoms with E-state index in [0.717, 1.165) is 11.6 Å². The highest BCUT2D eigenvalue weighted by Crippen LogP contribution is 2.21. The molecule has 6 nitrogen and oxygen atoms in total. The lowest BCUT2D eigenvalue weighted by molar-refractivity contribution is 0.0955. The summed E-state index contributed by atoms with van der Waals surface area (Å²) >= 11 is 5.76. The lowest BCUT2D eigenvalue weighted by atomic mass is 10.2. The summed E-state index contributed by atoms with van der Waals surface area (Å²) < 4.78 is 22.8. The first-order chi connectivity index (χ1) is 11.4. The van der Waals surface area contributed by atoms with Gasteiger partial charge in [-0.25, -0.2) is 19.0 Å². The van der Waals surface area contributed by atoms with Gasteiger partial charge in [-0.05, 0) is 29.8 Å². The van der Waals surface area contributed by atoms with Crippen molar-refractivity contribution in [1.82, 2.24) is 5.43 Å². The number of rotatable bonds is 5. The van der Waals surface area contributed by atoms with Gasteiger partial charge in [-0.3, -0.25) is 4.79 Å². The zero-order chi connectivity index (χ0) is 17.6. The van der Waals surface area contributed by atoms with E-state index in [9.17, 15) is 13.2 Å². The van der Waals surface area contributed by atoms with E-state index in [4.69, 9.17) is 16.7 Å². The Morgan fingerprint density at radius 1 is 1.17 bits per heavy atom. The average Bonchev–Trinajstić information content (AvgIpc) is 2.54. The van der Waals surface area contributed by atoms with Crippen LogP contribution in [0.3, 0.4) is 0 Å². The van der Waals surface area contributed by atoms with Crippen LogP contribution in [0.4, 0.5) is 0 Å². The van der Waals surface area contributed by atoms with Crippen LogP contribution in [-0.4, -0.2) is 20.5 Å². The zero-order valence-electron chi connectivity index (χ0n) is 12.4. The molecule has 0 aliphatic rings. The normalized spacial score (nSPS) is 11.9. The number of hydrazone groups is 1. The van der Waals surface area contributed by atoms with Crippen LogP contribution < -0.4 is 10.6 Å². The van der Waals surface area contributed by atoms with Crippen molar-refractivity contribution in [2.45, 2.75) is 4.90 Å². The lowest BCUT2D eigenvalue weighted by Gasteiger charge is -2.04. The van der Waals surface area contributed by atoms with E-state index in [0.29, 0.717) is 0 Å².